The quantitative estimate of drug-likeness (QED) is 0.611. The molecule has 0 fully saturated rings. The predicted molar refractivity (Wildman–Crippen MR) is 57.5 cm³/mol. The molecule has 0 saturated carbocycles. The minimum Gasteiger partial charge on any atom is -0.480 e. The zero-order valence-electron chi connectivity index (χ0n) is 9.42. The largest absolute Gasteiger partial charge is 0.480 e. The number of hydrogen-bond acceptors (Lipinski definition) is 3. The molecular weight excluding hydrogens is 180 g/mol. The third kappa shape index (κ3) is 5.94. The highest BCUT2D eigenvalue weighted by Gasteiger charge is 2.17. The van der Waals surface area contributed by atoms with Crippen LogP contribution in [0.5, 0.6) is 0 Å². The second-order valence-electron chi connectivity index (χ2n) is 3.56. The Morgan fingerprint density at radius 1 is 1.50 bits per heavy atom. The summed E-state index contributed by atoms with van der Waals surface area (Å²) >= 11 is 0. The summed E-state index contributed by atoms with van der Waals surface area (Å²) < 4.78 is 0. The zero-order valence-corrected chi connectivity index (χ0v) is 9.42. The van der Waals surface area contributed by atoms with Gasteiger partial charge in [-0.15, -0.1) is 0 Å². The Morgan fingerprint density at radius 3 is 2.57 bits per heavy atom. The molecule has 0 aliphatic heterocycles. The molecule has 0 aromatic carbocycles. The Morgan fingerprint density at radius 2 is 2.14 bits per heavy atom. The molecule has 0 aromatic rings. The number of nitrogens with one attached hydrogen (secondary N) is 1. The van der Waals surface area contributed by atoms with Crippen LogP contribution in [0.3, 0.4) is 0 Å². The maximum Gasteiger partial charge on any atom is 0.322 e. The lowest BCUT2D eigenvalue weighted by molar-refractivity contribution is -0.139. The topological polar surface area (TPSA) is 52.6 Å². The van der Waals surface area contributed by atoms with Crippen LogP contribution in [-0.4, -0.2) is 48.7 Å². The van der Waals surface area contributed by atoms with Crippen LogP contribution in [0.4, 0.5) is 0 Å². The van der Waals surface area contributed by atoms with Gasteiger partial charge < -0.3 is 15.3 Å². The van der Waals surface area contributed by atoms with Gasteiger partial charge in [0.05, 0.1) is 0 Å². The molecule has 1 atom stereocenters. The van der Waals surface area contributed by atoms with Crippen LogP contribution in [-0.2, 0) is 4.79 Å². The number of unbranched alkanes of at least 4 members (excludes halogenated alkanes) is 1. The van der Waals surface area contributed by atoms with Crippen LogP contribution < -0.4 is 5.32 Å². The number of nitrogens with zero attached hydrogens (tertiary/aromatic N) is 1. The van der Waals surface area contributed by atoms with E-state index in [9.17, 15) is 4.79 Å². The van der Waals surface area contributed by atoms with Gasteiger partial charge in [0.15, 0.2) is 0 Å². The SMILES string of the molecule is CCCCN(C)CC(NCC)C(=O)O. The highest BCUT2D eigenvalue weighted by Crippen LogP contribution is 1.94. The number of carboxylic acid groups (broad SMARTS) is 1. The third-order valence-corrected chi connectivity index (χ3v) is 2.14. The van der Waals surface area contributed by atoms with Crippen molar-refractivity contribution in [2.75, 3.05) is 26.7 Å². The van der Waals surface area contributed by atoms with Crippen molar-refractivity contribution in [3.05, 3.63) is 0 Å². The molecule has 0 aromatic heterocycles. The van der Waals surface area contributed by atoms with Crippen molar-refractivity contribution in [2.24, 2.45) is 0 Å². The number of aliphatic carboxylic acids is 1. The average molecular weight is 202 g/mol. The van der Waals surface area contributed by atoms with Gasteiger partial charge >= 0.3 is 5.97 Å². The molecule has 0 saturated heterocycles. The lowest BCUT2D eigenvalue weighted by Gasteiger charge is -2.21. The molecule has 0 aliphatic rings. The Kier molecular flexibility index (Phi) is 7.42. The van der Waals surface area contributed by atoms with Crippen molar-refractivity contribution >= 4 is 5.97 Å². The molecule has 0 radical (unpaired) electrons. The number of rotatable bonds is 8. The Hall–Kier alpha value is -0.610. The van der Waals surface area contributed by atoms with Crippen molar-refractivity contribution in [2.45, 2.75) is 32.7 Å². The maximum absolute atomic E-state index is 10.8. The summed E-state index contributed by atoms with van der Waals surface area (Å²) in [6, 6.07) is -0.443. The predicted octanol–water partition coefficient (Wildman–Crippen LogP) is 0.781. The van der Waals surface area contributed by atoms with Gasteiger partial charge in [0.1, 0.15) is 6.04 Å². The first kappa shape index (κ1) is 13.4. The van der Waals surface area contributed by atoms with Crippen LogP contribution in [0.25, 0.3) is 0 Å². The highest BCUT2D eigenvalue weighted by molar-refractivity contribution is 5.73. The van der Waals surface area contributed by atoms with E-state index in [0.29, 0.717) is 13.1 Å². The number of hydrogen-bond donors (Lipinski definition) is 2. The summed E-state index contributed by atoms with van der Waals surface area (Å²) in [5, 5.41) is 11.8. The number of carbonyl (C=O) groups is 1. The van der Waals surface area contributed by atoms with E-state index in [-0.39, 0.29) is 0 Å². The molecule has 4 nitrogen and oxygen atoms in total. The van der Waals surface area contributed by atoms with Gasteiger partial charge in [-0.05, 0) is 26.6 Å². The standard InChI is InChI=1S/C10H22N2O2/c1-4-6-7-12(3)8-9(10(13)14)11-5-2/h9,11H,4-8H2,1-3H3,(H,13,14). The van der Waals surface area contributed by atoms with Crippen LogP contribution in [0.1, 0.15) is 26.7 Å². The molecule has 14 heavy (non-hydrogen) atoms. The van der Waals surface area contributed by atoms with Gasteiger partial charge in [-0.3, -0.25) is 4.79 Å². The summed E-state index contributed by atoms with van der Waals surface area (Å²) in [5.74, 6) is -0.768. The van der Waals surface area contributed by atoms with Gasteiger partial charge in [-0.1, -0.05) is 20.3 Å². The number of carboxylic acids is 1. The van der Waals surface area contributed by atoms with E-state index in [0.717, 1.165) is 19.4 Å². The Balaban J connectivity index is 3.83. The minimum absolute atomic E-state index is 0.443. The smallest absolute Gasteiger partial charge is 0.322 e. The van der Waals surface area contributed by atoms with E-state index >= 15 is 0 Å². The van der Waals surface area contributed by atoms with E-state index in [1.807, 2.05) is 14.0 Å². The van der Waals surface area contributed by atoms with Crippen LogP contribution in [0, 0.1) is 0 Å². The molecule has 0 spiro atoms. The van der Waals surface area contributed by atoms with Gasteiger partial charge in [-0.25, -0.2) is 0 Å². The zero-order chi connectivity index (χ0) is 11.0. The van der Waals surface area contributed by atoms with Crippen LogP contribution >= 0.6 is 0 Å². The molecular formula is C10H22N2O2. The second kappa shape index (κ2) is 7.76. The van der Waals surface area contributed by atoms with Crippen LogP contribution in [0.2, 0.25) is 0 Å². The van der Waals surface area contributed by atoms with E-state index in [4.69, 9.17) is 5.11 Å². The summed E-state index contributed by atoms with van der Waals surface area (Å²) in [6.07, 6.45) is 2.26. The lowest BCUT2D eigenvalue weighted by atomic mass is 10.2. The Labute approximate surface area is 86.3 Å². The van der Waals surface area contributed by atoms with E-state index in [1.165, 1.54) is 0 Å². The molecule has 0 rings (SSSR count). The third-order valence-electron chi connectivity index (χ3n) is 2.14. The van der Waals surface area contributed by atoms with Crippen molar-refractivity contribution in [3.8, 4) is 0 Å². The minimum atomic E-state index is -0.768. The fourth-order valence-corrected chi connectivity index (χ4v) is 1.31. The van der Waals surface area contributed by atoms with E-state index in [1.54, 1.807) is 0 Å². The summed E-state index contributed by atoms with van der Waals surface area (Å²) in [6.45, 7) is 6.28. The Bertz CT molecular complexity index is 162. The molecule has 2 N–H and O–H groups in total. The summed E-state index contributed by atoms with van der Waals surface area (Å²) in [7, 11) is 1.96. The van der Waals surface area contributed by atoms with Gasteiger partial charge in [0, 0.05) is 6.54 Å². The van der Waals surface area contributed by atoms with Crippen molar-refractivity contribution in [1.82, 2.24) is 10.2 Å². The maximum atomic E-state index is 10.8. The van der Waals surface area contributed by atoms with Crippen molar-refractivity contribution in [1.29, 1.82) is 0 Å². The summed E-state index contributed by atoms with van der Waals surface area (Å²) in [4.78, 5) is 12.9. The number of likely N-dealkylation sites (N-methyl/N-ethyl adjacent to an activating group) is 2. The fourth-order valence-electron chi connectivity index (χ4n) is 1.31. The van der Waals surface area contributed by atoms with Gasteiger partial charge in [0.25, 0.3) is 0 Å². The average Bonchev–Trinajstić information content (AvgIpc) is 2.14. The van der Waals surface area contributed by atoms with Crippen molar-refractivity contribution < 1.29 is 9.90 Å². The molecule has 0 heterocycles. The van der Waals surface area contributed by atoms with Crippen LogP contribution in [0.15, 0.2) is 0 Å². The van der Waals surface area contributed by atoms with E-state index in [2.05, 4.69) is 17.1 Å². The molecule has 84 valence electrons. The summed E-state index contributed by atoms with van der Waals surface area (Å²) in [5.41, 5.74) is 0. The van der Waals surface area contributed by atoms with Gasteiger partial charge in [-0.2, -0.15) is 0 Å². The molecule has 0 bridgehead atoms. The monoisotopic (exact) mass is 202 g/mol. The second-order valence-corrected chi connectivity index (χ2v) is 3.56. The van der Waals surface area contributed by atoms with Gasteiger partial charge in [0.2, 0.25) is 0 Å². The normalized spacial score (nSPS) is 13.1. The lowest BCUT2D eigenvalue weighted by Crippen LogP contribution is -2.45. The first-order valence-corrected chi connectivity index (χ1v) is 5.26. The molecule has 0 aliphatic carbocycles. The van der Waals surface area contributed by atoms with Crippen molar-refractivity contribution in [3.63, 3.8) is 0 Å². The molecule has 1 unspecified atom stereocenters. The van der Waals surface area contributed by atoms with E-state index < -0.39 is 12.0 Å². The first-order chi connectivity index (χ1) is 6.61. The molecule has 4 heteroatoms. The fraction of sp³-hybridized carbons (Fsp3) is 0.900. The highest BCUT2D eigenvalue weighted by atomic mass is 16.4. The molecule has 0 amide bonds. The first-order valence-electron chi connectivity index (χ1n) is 5.26.